The number of carbonyl (C=O) groups excluding carboxylic acids is 1. The van der Waals surface area contributed by atoms with Crippen molar-refractivity contribution in [3.05, 3.63) is 65.2 Å². The van der Waals surface area contributed by atoms with Crippen molar-refractivity contribution in [3.63, 3.8) is 0 Å². The van der Waals surface area contributed by atoms with Crippen molar-refractivity contribution in [2.24, 2.45) is 0 Å². The van der Waals surface area contributed by atoms with E-state index < -0.39 is 0 Å². The van der Waals surface area contributed by atoms with Gasteiger partial charge < -0.3 is 14.4 Å². The summed E-state index contributed by atoms with van der Waals surface area (Å²) in [6.45, 7) is 1.83. The fraction of sp³-hybridized carbons (Fsp3) is 0.278. The van der Waals surface area contributed by atoms with E-state index in [0.29, 0.717) is 30.5 Å². The molecule has 1 saturated heterocycles. The minimum Gasteiger partial charge on any atom is -0.484 e. The van der Waals surface area contributed by atoms with Crippen LogP contribution < -0.4 is 4.74 Å². The first kappa shape index (κ1) is 15.8. The van der Waals surface area contributed by atoms with Crippen LogP contribution >= 0.6 is 11.6 Å². The highest BCUT2D eigenvalue weighted by atomic mass is 35.5. The van der Waals surface area contributed by atoms with E-state index in [1.807, 2.05) is 54.6 Å². The predicted octanol–water partition coefficient (Wildman–Crippen LogP) is 3.15. The lowest BCUT2D eigenvalue weighted by Crippen LogP contribution is -2.55. The summed E-state index contributed by atoms with van der Waals surface area (Å²) in [4.78, 5) is 13.7. The lowest BCUT2D eigenvalue weighted by Gasteiger charge is -2.38. The molecule has 0 spiro atoms. The molecule has 2 aromatic rings. The molecule has 0 aliphatic carbocycles. The SMILES string of the molecule is O=C(COc1ccccc1)N1CC(OCc2ccc(Cl)cc2)C1. The van der Waals surface area contributed by atoms with Gasteiger partial charge in [-0.1, -0.05) is 41.9 Å². The Hall–Kier alpha value is -2.04. The third kappa shape index (κ3) is 4.47. The Labute approximate surface area is 140 Å². The molecule has 1 heterocycles. The van der Waals surface area contributed by atoms with Crippen LogP contribution in [0.1, 0.15) is 5.56 Å². The zero-order valence-electron chi connectivity index (χ0n) is 12.7. The molecular weight excluding hydrogens is 314 g/mol. The lowest BCUT2D eigenvalue weighted by molar-refractivity contribution is -0.148. The van der Waals surface area contributed by atoms with Crippen molar-refractivity contribution in [2.45, 2.75) is 12.7 Å². The molecule has 1 amide bonds. The first-order valence-electron chi connectivity index (χ1n) is 7.52. The molecule has 0 bridgehead atoms. The normalized spacial score (nSPS) is 14.4. The van der Waals surface area contributed by atoms with Crippen molar-refractivity contribution in [1.82, 2.24) is 4.90 Å². The van der Waals surface area contributed by atoms with Gasteiger partial charge in [-0.2, -0.15) is 0 Å². The monoisotopic (exact) mass is 331 g/mol. The number of likely N-dealkylation sites (tertiary alicyclic amines) is 1. The zero-order valence-corrected chi connectivity index (χ0v) is 13.4. The molecule has 0 unspecified atom stereocenters. The van der Waals surface area contributed by atoms with Gasteiger partial charge in [0.15, 0.2) is 6.61 Å². The molecule has 5 heteroatoms. The van der Waals surface area contributed by atoms with Gasteiger partial charge >= 0.3 is 0 Å². The van der Waals surface area contributed by atoms with Gasteiger partial charge in [-0.15, -0.1) is 0 Å². The molecule has 0 saturated carbocycles. The number of nitrogens with zero attached hydrogens (tertiary/aromatic N) is 1. The van der Waals surface area contributed by atoms with Crippen molar-refractivity contribution < 1.29 is 14.3 Å². The Kier molecular flexibility index (Phi) is 5.16. The third-order valence-electron chi connectivity index (χ3n) is 3.71. The maximum Gasteiger partial charge on any atom is 0.260 e. The Balaban J connectivity index is 1.35. The highest BCUT2D eigenvalue weighted by Crippen LogP contribution is 2.16. The fourth-order valence-electron chi connectivity index (χ4n) is 2.29. The highest BCUT2D eigenvalue weighted by molar-refractivity contribution is 6.30. The second kappa shape index (κ2) is 7.49. The first-order valence-corrected chi connectivity index (χ1v) is 7.90. The van der Waals surface area contributed by atoms with Gasteiger partial charge in [0, 0.05) is 18.1 Å². The highest BCUT2D eigenvalue weighted by Gasteiger charge is 2.31. The number of amides is 1. The van der Waals surface area contributed by atoms with Crippen LogP contribution in [0.2, 0.25) is 5.02 Å². The van der Waals surface area contributed by atoms with Crippen molar-refractivity contribution in [2.75, 3.05) is 19.7 Å². The Morgan fingerprint density at radius 3 is 2.48 bits per heavy atom. The van der Waals surface area contributed by atoms with E-state index in [2.05, 4.69) is 0 Å². The molecule has 2 aromatic carbocycles. The standard InChI is InChI=1S/C18H18ClNO3/c19-15-8-6-14(7-9-15)12-22-17-10-20(11-17)18(21)13-23-16-4-2-1-3-5-16/h1-9,17H,10-13H2. The molecule has 0 aromatic heterocycles. The van der Waals surface area contributed by atoms with Gasteiger partial charge in [-0.05, 0) is 29.8 Å². The number of rotatable bonds is 6. The summed E-state index contributed by atoms with van der Waals surface area (Å²) in [7, 11) is 0. The fourth-order valence-corrected chi connectivity index (χ4v) is 2.42. The van der Waals surface area contributed by atoms with Gasteiger partial charge in [0.1, 0.15) is 5.75 Å². The number of benzene rings is 2. The minimum absolute atomic E-state index is 0.0137. The van der Waals surface area contributed by atoms with Crippen LogP contribution in [-0.2, 0) is 16.1 Å². The summed E-state index contributed by atoms with van der Waals surface area (Å²) in [5.41, 5.74) is 1.08. The molecule has 1 aliphatic heterocycles. The Morgan fingerprint density at radius 1 is 1.09 bits per heavy atom. The first-order chi connectivity index (χ1) is 11.2. The average molecular weight is 332 g/mol. The van der Waals surface area contributed by atoms with E-state index in [0.717, 1.165) is 5.56 Å². The van der Waals surface area contributed by atoms with E-state index >= 15 is 0 Å². The number of hydrogen-bond donors (Lipinski definition) is 0. The Morgan fingerprint density at radius 2 is 1.78 bits per heavy atom. The molecule has 120 valence electrons. The van der Waals surface area contributed by atoms with E-state index in [1.54, 1.807) is 4.90 Å². The van der Waals surface area contributed by atoms with Gasteiger partial charge in [-0.3, -0.25) is 4.79 Å². The van der Waals surface area contributed by atoms with E-state index in [4.69, 9.17) is 21.1 Å². The molecule has 0 N–H and O–H groups in total. The van der Waals surface area contributed by atoms with Crippen LogP contribution in [0.4, 0.5) is 0 Å². The molecule has 0 radical (unpaired) electrons. The maximum atomic E-state index is 12.0. The van der Waals surface area contributed by atoms with Crippen LogP contribution in [0, 0.1) is 0 Å². The predicted molar refractivity (Wildman–Crippen MR) is 88.5 cm³/mol. The molecule has 1 aliphatic rings. The summed E-state index contributed by atoms with van der Waals surface area (Å²) in [6, 6.07) is 16.9. The van der Waals surface area contributed by atoms with Crippen LogP contribution in [0.3, 0.4) is 0 Å². The smallest absolute Gasteiger partial charge is 0.260 e. The quantitative estimate of drug-likeness (QED) is 0.816. The summed E-state index contributed by atoms with van der Waals surface area (Å²) in [5.74, 6) is 0.692. The lowest BCUT2D eigenvalue weighted by atomic mass is 10.1. The number of carbonyl (C=O) groups is 1. The molecule has 1 fully saturated rings. The van der Waals surface area contributed by atoms with Gasteiger partial charge in [0.2, 0.25) is 0 Å². The number of hydrogen-bond acceptors (Lipinski definition) is 3. The van der Waals surface area contributed by atoms with E-state index in [1.165, 1.54) is 0 Å². The third-order valence-corrected chi connectivity index (χ3v) is 3.96. The zero-order chi connectivity index (χ0) is 16.1. The van der Waals surface area contributed by atoms with E-state index in [-0.39, 0.29) is 18.6 Å². The summed E-state index contributed by atoms with van der Waals surface area (Å²) >= 11 is 5.84. The summed E-state index contributed by atoms with van der Waals surface area (Å²) < 4.78 is 11.2. The molecule has 3 rings (SSSR count). The number of para-hydroxylation sites is 1. The maximum absolute atomic E-state index is 12.0. The van der Waals surface area contributed by atoms with Gasteiger partial charge in [0.05, 0.1) is 12.7 Å². The van der Waals surface area contributed by atoms with Crippen LogP contribution in [-0.4, -0.2) is 36.6 Å². The average Bonchev–Trinajstić information content (AvgIpc) is 2.54. The van der Waals surface area contributed by atoms with Crippen LogP contribution in [0.5, 0.6) is 5.75 Å². The summed E-state index contributed by atoms with van der Waals surface area (Å²) in [6.07, 6.45) is 0.0892. The summed E-state index contributed by atoms with van der Waals surface area (Å²) in [5, 5.41) is 0.715. The second-order valence-electron chi connectivity index (χ2n) is 5.46. The second-order valence-corrected chi connectivity index (χ2v) is 5.90. The Bertz CT molecular complexity index is 639. The number of halogens is 1. The van der Waals surface area contributed by atoms with Crippen molar-refractivity contribution in [1.29, 1.82) is 0 Å². The molecule has 4 nitrogen and oxygen atoms in total. The van der Waals surface area contributed by atoms with E-state index in [9.17, 15) is 4.79 Å². The largest absolute Gasteiger partial charge is 0.484 e. The molecular formula is C18H18ClNO3. The minimum atomic E-state index is -0.0137. The number of ether oxygens (including phenoxy) is 2. The molecule has 0 atom stereocenters. The van der Waals surface area contributed by atoms with Gasteiger partial charge in [0.25, 0.3) is 5.91 Å². The van der Waals surface area contributed by atoms with Crippen molar-refractivity contribution in [3.8, 4) is 5.75 Å². The van der Waals surface area contributed by atoms with Crippen molar-refractivity contribution >= 4 is 17.5 Å². The molecule has 23 heavy (non-hydrogen) atoms. The van der Waals surface area contributed by atoms with Crippen LogP contribution in [0.25, 0.3) is 0 Å². The van der Waals surface area contributed by atoms with Gasteiger partial charge in [-0.25, -0.2) is 0 Å². The topological polar surface area (TPSA) is 38.8 Å². The van der Waals surface area contributed by atoms with Crippen LogP contribution in [0.15, 0.2) is 54.6 Å².